The highest BCUT2D eigenvalue weighted by Gasteiger charge is 2.23. The van der Waals surface area contributed by atoms with E-state index < -0.39 is 10.0 Å². The van der Waals surface area contributed by atoms with Crippen LogP contribution in [0.15, 0.2) is 70.9 Å². The standard InChI is InChI=1S/C21H21N3O2S2/c1-15-13-16(2)24(23-15)19(20-10-6-12-27-20)14-22-28(25,26)21-11-5-8-17-7-3-4-9-18(17)21/h3-13,19,22H,14H2,1-2H3. The molecule has 5 nitrogen and oxygen atoms in total. The summed E-state index contributed by atoms with van der Waals surface area (Å²) in [6.07, 6.45) is 0. The summed E-state index contributed by atoms with van der Waals surface area (Å²) in [5.41, 5.74) is 1.91. The van der Waals surface area contributed by atoms with Gasteiger partial charge in [0, 0.05) is 22.5 Å². The van der Waals surface area contributed by atoms with Gasteiger partial charge in [0.25, 0.3) is 0 Å². The van der Waals surface area contributed by atoms with Crippen molar-refractivity contribution in [1.82, 2.24) is 14.5 Å². The van der Waals surface area contributed by atoms with Crippen molar-refractivity contribution in [3.8, 4) is 0 Å². The van der Waals surface area contributed by atoms with Crippen LogP contribution in [0.4, 0.5) is 0 Å². The molecule has 0 radical (unpaired) electrons. The van der Waals surface area contributed by atoms with Crippen molar-refractivity contribution < 1.29 is 8.42 Å². The van der Waals surface area contributed by atoms with Gasteiger partial charge < -0.3 is 0 Å². The Labute approximate surface area is 168 Å². The normalized spacial score (nSPS) is 13.1. The Kier molecular flexibility index (Phi) is 5.05. The van der Waals surface area contributed by atoms with Gasteiger partial charge in [-0.3, -0.25) is 4.68 Å². The van der Waals surface area contributed by atoms with Crippen LogP contribution in [0.2, 0.25) is 0 Å². The first-order chi connectivity index (χ1) is 13.5. The summed E-state index contributed by atoms with van der Waals surface area (Å²) in [4.78, 5) is 1.36. The third-order valence-electron chi connectivity index (χ3n) is 4.72. The predicted octanol–water partition coefficient (Wildman–Crippen LogP) is 4.28. The summed E-state index contributed by atoms with van der Waals surface area (Å²) in [7, 11) is -3.67. The maximum absolute atomic E-state index is 13.1. The molecule has 0 bridgehead atoms. The second-order valence-corrected chi connectivity index (χ2v) is 9.45. The highest BCUT2D eigenvalue weighted by molar-refractivity contribution is 7.89. The summed E-state index contributed by atoms with van der Waals surface area (Å²) in [6.45, 7) is 4.16. The van der Waals surface area contributed by atoms with Crippen molar-refractivity contribution in [2.45, 2.75) is 24.8 Å². The van der Waals surface area contributed by atoms with Crippen LogP contribution in [-0.4, -0.2) is 24.7 Å². The van der Waals surface area contributed by atoms with Crippen molar-refractivity contribution >= 4 is 32.1 Å². The highest BCUT2D eigenvalue weighted by atomic mass is 32.2. The Morgan fingerprint density at radius 1 is 1.07 bits per heavy atom. The van der Waals surface area contributed by atoms with Crippen LogP contribution >= 0.6 is 11.3 Å². The zero-order valence-corrected chi connectivity index (χ0v) is 17.3. The van der Waals surface area contributed by atoms with Gasteiger partial charge in [0.1, 0.15) is 0 Å². The Morgan fingerprint density at radius 2 is 1.86 bits per heavy atom. The number of benzene rings is 2. The number of nitrogens with zero attached hydrogens (tertiary/aromatic N) is 2. The summed E-state index contributed by atoms with van der Waals surface area (Å²) in [5.74, 6) is 0. The Balaban J connectivity index is 1.68. The minimum Gasteiger partial charge on any atom is -0.260 e. The quantitative estimate of drug-likeness (QED) is 0.515. The van der Waals surface area contributed by atoms with Crippen LogP contribution in [-0.2, 0) is 10.0 Å². The Hall–Kier alpha value is -2.48. The van der Waals surface area contributed by atoms with Gasteiger partial charge >= 0.3 is 0 Å². The first kappa shape index (κ1) is 18.9. The van der Waals surface area contributed by atoms with Crippen LogP contribution in [0.5, 0.6) is 0 Å². The average molecular weight is 412 g/mol. The zero-order chi connectivity index (χ0) is 19.7. The topological polar surface area (TPSA) is 64.0 Å². The molecule has 4 rings (SSSR count). The molecule has 1 unspecified atom stereocenters. The number of aromatic nitrogens is 2. The number of hydrogen-bond donors (Lipinski definition) is 1. The molecule has 0 aliphatic rings. The molecular weight excluding hydrogens is 390 g/mol. The van der Waals surface area contributed by atoms with E-state index in [-0.39, 0.29) is 12.6 Å². The molecule has 144 valence electrons. The fourth-order valence-corrected chi connectivity index (χ4v) is 5.52. The number of aryl methyl sites for hydroxylation is 2. The molecule has 0 fully saturated rings. The summed E-state index contributed by atoms with van der Waals surface area (Å²) >= 11 is 1.60. The first-order valence-corrected chi connectivity index (χ1v) is 11.4. The van der Waals surface area contributed by atoms with Gasteiger partial charge in [-0.25, -0.2) is 13.1 Å². The summed E-state index contributed by atoms with van der Waals surface area (Å²) in [5, 5.41) is 8.19. The van der Waals surface area contributed by atoms with E-state index in [2.05, 4.69) is 9.82 Å². The van der Waals surface area contributed by atoms with Crippen molar-refractivity contribution in [3.05, 3.63) is 82.3 Å². The van der Waals surface area contributed by atoms with Crippen molar-refractivity contribution in [2.75, 3.05) is 6.54 Å². The van der Waals surface area contributed by atoms with Gasteiger partial charge in [-0.1, -0.05) is 42.5 Å². The van der Waals surface area contributed by atoms with E-state index in [0.717, 1.165) is 27.0 Å². The molecular formula is C21H21N3O2S2. The number of thiophene rings is 1. The molecule has 0 spiro atoms. The lowest BCUT2D eigenvalue weighted by Crippen LogP contribution is -2.32. The molecule has 0 aliphatic heterocycles. The number of sulfonamides is 1. The largest absolute Gasteiger partial charge is 0.260 e. The number of hydrogen-bond acceptors (Lipinski definition) is 4. The first-order valence-electron chi connectivity index (χ1n) is 8.99. The second-order valence-electron chi connectivity index (χ2n) is 6.73. The van der Waals surface area contributed by atoms with E-state index in [1.165, 1.54) is 0 Å². The molecule has 0 amide bonds. The second kappa shape index (κ2) is 7.50. The van der Waals surface area contributed by atoms with E-state index in [1.807, 2.05) is 72.4 Å². The molecule has 1 N–H and O–H groups in total. The fraction of sp³-hybridized carbons (Fsp3) is 0.190. The smallest absolute Gasteiger partial charge is 0.241 e. The van der Waals surface area contributed by atoms with Crippen molar-refractivity contribution in [1.29, 1.82) is 0 Å². The van der Waals surface area contributed by atoms with Crippen LogP contribution in [0.25, 0.3) is 10.8 Å². The summed E-state index contributed by atoms with van der Waals surface area (Å²) in [6, 6.07) is 18.6. The number of rotatable bonds is 6. The molecule has 1 atom stereocenters. The van der Waals surface area contributed by atoms with Gasteiger partial charge in [0.05, 0.1) is 16.6 Å². The monoisotopic (exact) mass is 411 g/mol. The number of nitrogens with one attached hydrogen (secondary N) is 1. The third kappa shape index (κ3) is 3.61. The zero-order valence-electron chi connectivity index (χ0n) is 15.7. The van der Waals surface area contributed by atoms with E-state index in [1.54, 1.807) is 23.5 Å². The lowest BCUT2D eigenvalue weighted by molar-refractivity contribution is 0.500. The van der Waals surface area contributed by atoms with Gasteiger partial charge in [-0.2, -0.15) is 5.10 Å². The SMILES string of the molecule is Cc1cc(C)n(C(CNS(=O)(=O)c2cccc3ccccc23)c2cccs2)n1. The lowest BCUT2D eigenvalue weighted by Gasteiger charge is -2.19. The van der Waals surface area contributed by atoms with E-state index in [9.17, 15) is 8.42 Å². The van der Waals surface area contributed by atoms with Crippen molar-refractivity contribution in [3.63, 3.8) is 0 Å². The molecule has 28 heavy (non-hydrogen) atoms. The van der Waals surface area contributed by atoms with Crippen LogP contribution in [0.1, 0.15) is 22.3 Å². The number of fused-ring (bicyclic) bond motifs is 1. The maximum atomic E-state index is 13.1. The van der Waals surface area contributed by atoms with E-state index in [4.69, 9.17) is 0 Å². The summed E-state index contributed by atoms with van der Waals surface area (Å²) < 4.78 is 30.9. The van der Waals surface area contributed by atoms with Gasteiger partial charge in [0.15, 0.2) is 0 Å². The molecule has 4 aromatic rings. The van der Waals surface area contributed by atoms with Crippen LogP contribution in [0, 0.1) is 13.8 Å². The minimum absolute atomic E-state index is 0.196. The van der Waals surface area contributed by atoms with E-state index >= 15 is 0 Å². The van der Waals surface area contributed by atoms with E-state index in [0.29, 0.717) is 4.90 Å². The average Bonchev–Trinajstić information content (AvgIpc) is 3.31. The Bertz CT molecular complexity index is 1210. The minimum atomic E-state index is -3.67. The highest BCUT2D eigenvalue weighted by Crippen LogP contribution is 2.26. The third-order valence-corrected chi connectivity index (χ3v) is 7.17. The fourth-order valence-electron chi connectivity index (χ4n) is 3.45. The molecule has 7 heteroatoms. The molecule has 2 aromatic heterocycles. The molecule has 2 aromatic carbocycles. The lowest BCUT2D eigenvalue weighted by atomic mass is 10.1. The molecule has 0 saturated carbocycles. The van der Waals surface area contributed by atoms with Gasteiger partial charge in [-0.05, 0) is 42.8 Å². The predicted molar refractivity (Wildman–Crippen MR) is 113 cm³/mol. The van der Waals surface area contributed by atoms with Crippen molar-refractivity contribution in [2.24, 2.45) is 0 Å². The molecule has 0 aliphatic carbocycles. The Morgan fingerprint density at radius 3 is 2.57 bits per heavy atom. The van der Waals surface area contributed by atoms with Gasteiger partial charge in [-0.15, -0.1) is 11.3 Å². The maximum Gasteiger partial charge on any atom is 0.241 e. The van der Waals surface area contributed by atoms with Crippen LogP contribution in [0.3, 0.4) is 0 Å². The van der Waals surface area contributed by atoms with Gasteiger partial charge in [0.2, 0.25) is 10.0 Å². The molecule has 2 heterocycles. The molecule has 0 saturated heterocycles. The van der Waals surface area contributed by atoms with Crippen LogP contribution < -0.4 is 4.72 Å².